The van der Waals surface area contributed by atoms with Crippen molar-refractivity contribution in [2.45, 2.75) is 63.1 Å². The molecule has 0 unspecified atom stereocenters. The summed E-state index contributed by atoms with van der Waals surface area (Å²) in [6.07, 6.45) is 4.75. The highest BCUT2D eigenvalue weighted by atomic mass is 35.5. The lowest BCUT2D eigenvalue weighted by Crippen LogP contribution is -2.34. The Labute approximate surface area is 185 Å². The second kappa shape index (κ2) is 7.55. The normalized spacial score (nSPS) is 15.3. The van der Waals surface area contributed by atoms with E-state index in [0.717, 1.165) is 66.8 Å². The molecule has 2 aromatic rings. The fraction of sp³-hybridized carbons (Fsp3) is 0.429. The molecule has 1 aromatic carbocycles. The van der Waals surface area contributed by atoms with Gasteiger partial charge in [0.05, 0.1) is 17.2 Å². The number of furan rings is 1. The number of anilines is 1. The molecular weight excluding hydrogens is 442 g/mol. The van der Waals surface area contributed by atoms with E-state index in [4.69, 9.17) is 16.0 Å². The number of halogens is 1. The largest absolute Gasteiger partial charge is 0.431 e. The first kappa shape index (κ1) is 21.7. The van der Waals surface area contributed by atoms with Crippen molar-refractivity contribution in [1.82, 2.24) is 4.72 Å². The number of nitrogens with zero attached hydrogens (tertiary/aromatic N) is 1. The number of fused-ring (bicyclic) bond motifs is 2. The number of carbonyl (C=O) groups excluding carboxylic acids is 1. The Bertz CT molecular complexity index is 1200. The number of hydrogen-bond acceptors (Lipinski definition) is 6. The average molecular weight is 464 g/mol. The van der Waals surface area contributed by atoms with Crippen molar-refractivity contribution in [3.05, 3.63) is 44.7 Å². The summed E-state index contributed by atoms with van der Waals surface area (Å²) in [5.74, 6) is 0. The molecule has 31 heavy (non-hydrogen) atoms. The summed E-state index contributed by atoms with van der Waals surface area (Å²) in [7, 11) is -4.36. The van der Waals surface area contributed by atoms with E-state index in [9.17, 15) is 23.6 Å². The van der Waals surface area contributed by atoms with Gasteiger partial charge in [0.1, 0.15) is 0 Å². The SMILES string of the molecule is CC(C)(O)c1cc(S(=O)(=O)NC(=O)Nc2c3c(c(C#N)c4c2CCC4)CCC3)oc1Cl. The fourth-order valence-electron chi connectivity index (χ4n) is 4.45. The van der Waals surface area contributed by atoms with Crippen LogP contribution in [0.4, 0.5) is 10.5 Å². The minimum absolute atomic E-state index is 0.0951. The van der Waals surface area contributed by atoms with Gasteiger partial charge in [-0.05, 0) is 86.2 Å². The second-order valence-corrected chi connectivity index (χ2v) is 10.3. The van der Waals surface area contributed by atoms with Gasteiger partial charge in [-0.25, -0.2) is 9.52 Å². The Balaban J connectivity index is 1.63. The fourth-order valence-corrected chi connectivity index (χ4v) is 5.73. The summed E-state index contributed by atoms with van der Waals surface area (Å²) in [4.78, 5) is 12.7. The molecule has 2 aliphatic carbocycles. The van der Waals surface area contributed by atoms with Gasteiger partial charge in [0.2, 0.25) is 10.3 Å². The molecule has 1 aromatic heterocycles. The standard InChI is InChI=1S/C21H22ClN3O5S/c1-21(2,27)16-9-17(30-19(16)22)31(28,29)25-20(26)24-18-13-7-3-5-11(13)15(10-23)12-6-4-8-14(12)18/h9,27H,3-8H2,1-2H3,(H2,24,25,26). The van der Waals surface area contributed by atoms with E-state index < -0.39 is 26.7 Å². The highest BCUT2D eigenvalue weighted by molar-refractivity contribution is 7.89. The lowest BCUT2D eigenvalue weighted by molar-refractivity contribution is 0.0781. The number of amides is 2. The zero-order valence-corrected chi connectivity index (χ0v) is 18.7. The van der Waals surface area contributed by atoms with Gasteiger partial charge < -0.3 is 14.8 Å². The lowest BCUT2D eigenvalue weighted by Gasteiger charge is -2.18. The summed E-state index contributed by atoms with van der Waals surface area (Å²) in [6, 6.07) is 2.48. The van der Waals surface area contributed by atoms with Crippen LogP contribution >= 0.6 is 11.6 Å². The highest BCUT2D eigenvalue weighted by Crippen LogP contribution is 2.41. The van der Waals surface area contributed by atoms with Crippen molar-refractivity contribution in [2.75, 3.05) is 5.32 Å². The van der Waals surface area contributed by atoms with Crippen LogP contribution < -0.4 is 10.0 Å². The molecule has 2 amide bonds. The van der Waals surface area contributed by atoms with Crippen LogP contribution in [-0.2, 0) is 41.3 Å². The van der Waals surface area contributed by atoms with Gasteiger partial charge in [0.25, 0.3) is 10.0 Å². The maximum Gasteiger partial charge on any atom is 0.333 e. The smallest absolute Gasteiger partial charge is 0.333 e. The number of aliphatic hydroxyl groups is 1. The molecule has 0 aliphatic heterocycles. The van der Waals surface area contributed by atoms with Gasteiger partial charge in [-0.3, -0.25) is 0 Å². The Morgan fingerprint density at radius 1 is 1.16 bits per heavy atom. The lowest BCUT2D eigenvalue weighted by atomic mass is 9.93. The third kappa shape index (κ3) is 3.80. The number of carbonyl (C=O) groups is 1. The van der Waals surface area contributed by atoms with Gasteiger partial charge in [-0.2, -0.15) is 13.7 Å². The number of benzene rings is 1. The molecule has 4 rings (SSSR count). The van der Waals surface area contributed by atoms with Crippen LogP contribution in [0.25, 0.3) is 0 Å². The minimum Gasteiger partial charge on any atom is -0.431 e. The van der Waals surface area contributed by atoms with Crippen molar-refractivity contribution < 1.29 is 22.7 Å². The molecule has 0 radical (unpaired) electrons. The number of sulfonamides is 1. The molecule has 0 saturated carbocycles. The molecule has 0 bridgehead atoms. The predicted molar refractivity (Wildman–Crippen MR) is 114 cm³/mol. The van der Waals surface area contributed by atoms with Crippen molar-refractivity contribution in [3.8, 4) is 6.07 Å². The number of nitriles is 1. The number of urea groups is 1. The summed E-state index contributed by atoms with van der Waals surface area (Å²) >= 11 is 5.91. The molecule has 10 heteroatoms. The van der Waals surface area contributed by atoms with Crippen LogP contribution in [0.2, 0.25) is 5.22 Å². The second-order valence-electron chi connectivity index (χ2n) is 8.35. The molecule has 2 aliphatic rings. The van der Waals surface area contributed by atoms with Crippen molar-refractivity contribution in [3.63, 3.8) is 0 Å². The first-order valence-electron chi connectivity index (χ1n) is 9.98. The van der Waals surface area contributed by atoms with E-state index in [2.05, 4.69) is 11.4 Å². The topological polar surface area (TPSA) is 132 Å². The first-order valence-corrected chi connectivity index (χ1v) is 11.8. The van der Waals surface area contributed by atoms with Crippen molar-refractivity contribution in [2.24, 2.45) is 0 Å². The molecule has 0 fully saturated rings. The highest BCUT2D eigenvalue weighted by Gasteiger charge is 2.32. The third-order valence-electron chi connectivity index (χ3n) is 5.81. The van der Waals surface area contributed by atoms with Crippen LogP contribution in [0.15, 0.2) is 15.6 Å². The zero-order chi connectivity index (χ0) is 22.6. The molecule has 8 nitrogen and oxygen atoms in total. The summed E-state index contributed by atoms with van der Waals surface area (Å²) < 4.78 is 32.3. The summed E-state index contributed by atoms with van der Waals surface area (Å²) in [6.45, 7) is 2.87. The Morgan fingerprint density at radius 3 is 2.19 bits per heavy atom. The van der Waals surface area contributed by atoms with Gasteiger partial charge in [-0.1, -0.05) is 0 Å². The maximum absolute atomic E-state index is 12.7. The van der Waals surface area contributed by atoms with E-state index in [1.165, 1.54) is 13.8 Å². The van der Waals surface area contributed by atoms with Crippen LogP contribution in [0, 0.1) is 11.3 Å². The first-order chi connectivity index (χ1) is 14.5. The number of hydrogen-bond donors (Lipinski definition) is 3. The van der Waals surface area contributed by atoms with E-state index >= 15 is 0 Å². The van der Waals surface area contributed by atoms with Crippen LogP contribution in [-0.4, -0.2) is 19.6 Å². The quantitative estimate of drug-likeness (QED) is 0.635. The zero-order valence-electron chi connectivity index (χ0n) is 17.1. The molecule has 0 saturated heterocycles. The van der Waals surface area contributed by atoms with E-state index in [1.54, 1.807) is 0 Å². The summed E-state index contributed by atoms with van der Waals surface area (Å²) in [5.41, 5.74) is 3.73. The summed E-state index contributed by atoms with van der Waals surface area (Å²) in [5, 5.41) is 21.6. The Morgan fingerprint density at radius 2 is 1.71 bits per heavy atom. The number of nitrogens with one attached hydrogen (secondary N) is 2. The Kier molecular flexibility index (Phi) is 5.28. The molecule has 164 valence electrons. The monoisotopic (exact) mass is 463 g/mol. The molecular formula is C21H22ClN3O5S. The van der Waals surface area contributed by atoms with Crippen molar-refractivity contribution >= 4 is 33.3 Å². The molecule has 1 heterocycles. The maximum atomic E-state index is 12.7. The van der Waals surface area contributed by atoms with Crippen LogP contribution in [0.3, 0.4) is 0 Å². The predicted octanol–water partition coefficient (Wildman–Crippen LogP) is 3.52. The average Bonchev–Trinajstić information content (AvgIpc) is 3.39. The van der Waals surface area contributed by atoms with Gasteiger partial charge in [0.15, 0.2) is 0 Å². The van der Waals surface area contributed by atoms with Gasteiger partial charge >= 0.3 is 6.03 Å². The molecule has 0 spiro atoms. The van der Waals surface area contributed by atoms with Crippen molar-refractivity contribution in [1.29, 1.82) is 5.26 Å². The van der Waals surface area contributed by atoms with Crippen LogP contribution in [0.5, 0.6) is 0 Å². The van der Waals surface area contributed by atoms with Crippen LogP contribution in [0.1, 0.15) is 60.1 Å². The Hall–Kier alpha value is -2.54. The van der Waals surface area contributed by atoms with E-state index in [0.29, 0.717) is 11.3 Å². The third-order valence-corrected chi connectivity index (χ3v) is 7.27. The van der Waals surface area contributed by atoms with Gasteiger partial charge in [-0.15, -0.1) is 0 Å². The number of rotatable bonds is 4. The van der Waals surface area contributed by atoms with E-state index in [1.807, 2.05) is 4.72 Å². The molecule has 0 atom stereocenters. The van der Waals surface area contributed by atoms with E-state index in [-0.39, 0.29) is 10.8 Å². The minimum atomic E-state index is -4.36. The van der Waals surface area contributed by atoms with Gasteiger partial charge in [0, 0.05) is 17.3 Å². The molecule has 3 N–H and O–H groups in total.